The SMILES string of the molecule is CCNC(=O)[C@H](C)NC(=O)c1cnc(Cl)c(Cl)c1. The molecule has 1 atom stereocenters. The van der Waals surface area contributed by atoms with Gasteiger partial charge in [-0.05, 0) is 19.9 Å². The Bertz CT molecular complexity index is 466. The number of pyridine rings is 1. The van der Waals surface area contributed by atoms with Gasteiger partial charge in [0.25, 0.3) is 5.91 Å². The number of nitrogens with zero attached hydrogens (tertiary/aromatic N) is 1. The molecule has 0 aliphatic heterocycles. The highest BCUT2D eigenvalue weighted by Gasteiger charge is 2.16. The average molecular weight is 290 g/mol. The number of nitrogens with one attached hydrogen (secondary N) is 2. The second-order valence-corrected chi connectivity index (χ2v) is 4.35. The van der Waals surface area contributed by atoms with Crippen LogP contribution in [0.2, 0.25) is 10.2 Å². The molecule has 0 saturated carbocycles. The number of hydrogen-bond acceptors (Lipinski definition) is 3. The lowest BCUT2D eigenvalue weighted by Crippen LogP contribution is -2.44. The highest BCUT2D eigenvalue weighted by molar-refractivity contribution is 6.41. The molecule has 7 heteroatoms. The van der Waals surface area contributed by atoms with Crippen LogP contribution in [-0.2, 0) is 4.79 Å². The standard InChI is InChI=1S/C11H13Cl2N3O2/c1-3-14-10(17)6(2)16-11(18)7-4-8(12)9(13)15-5-7/h4-6H,3H2,1-2H3,(H,14,17)(H,16,18)/t6-/m0/s1. The minimum Gasteiger partial charge on any atom is -0.355 e. The molecule has 1 heterocycles. The normalized spacial score (nSPS) is 11.8. The molecule has 0 aromatic carbocycles. The Morgan fingerprint density at radius 3 is 2.67 bits per heavy atom. The molecule has 0 bridgehead atoms. The van der Waals surface area contributed by atoms with Crippen LogP contribution < -0.4 is 10.6 Å². The molecule has 2 N–H and O–H groups in total. The van der Waals surface area contributed by atoms with Crippen LogP contribution >= 0.6 is 23.2 Å². The first-order valence-corrected chi connectivity index (χ1v) is 6.11. The predicted molar refractivity (Wildman–Crippen MR) is 69.9 cm³/mol. The van der Waals surface area contributed by atoms with Crippen LogP contribution in [-0.4, -0.2) is 29.4 Å². The Hall–Kier alpha value is -1.33. The summed E-state index contributed by atoms with van der Waals surface area (Å²) in [7, 11) is 0. The van der Waals surface area contributed by atoms with Crippen LogP contribution in [0, 0.1) is 0 Å². The van der Waals surface area contributed by atoms with Gasteiger partial charge in [0.1, 0.15) is 11.2 Å². The first-order chi connectivity index (χ1) is 8.45. The fourth-order valence-electron chi connectivity index (χ4n) is 1.22. The van der Waals surface area contributed by atoms with E-state index in [4.69, 9.17) is 23.2 Å². The lowest BCUT2D eigenvalue weighted by Gasteiger charge is -2.13. The van der Waals surface area contributed by atoms with Crippen molar-refractivity contribution in [3.8, 4) is 0 Å². The van der Waals surface area contributed by atoms with E-state index in [-0.39, 0.29) is 21.6 Å². The molecular weight excluding hydrogens is 277 g/mol. The Labute approximate surface area is 115 Å². The van der Waals surface area contributed by atoms with Crippen LogP contribution in [0.4, 0.5) is 0 Å². The predicted octanol–water partition coefficient (Wildman–Crippen LogP) is 1.64. The molecule has 0 saturated heterocycles. The van der Waals surface area contributed by atoms with Crippen LogP contribution in [0.25, 0.3) is 0 Å². The topological polar surface area (TPSA) is 71.1 Å². The Balaban J connectivity index is 2.70. The zero-order chi connectivity index (χ0) is 13.7. The number of carbonyl (C=O) groups is 2. The van der Waals surface area contributed by atoms with Crippen molar-refractivity contribution in [3.63, 3.8) is 0 Å². The molecule has 2 amide bonds. The zero-order valence-corrected chi connectivity index (χ0v) is 11.5. The van der Waals surface area contributed by atoms with Crippen molar-refractivity contribution >= 4 is 35.0 Å². The summed E-state index contributed by atoms with van der Waals surface area (Å²) < 4.78 is 0. The number of halogens is 2. The maximum absolute atomic E-state index is 11.8. The maximum Gasteiger partial charge on any atom is 0.253 e. The largest absolute Gasteiger partial charge is 0.355 e. The summed E-state index contributed by atoms with van der Waals surface area (Å²) in [5, 5.41) is 5.46. The van der Waals surface area contributed by atoms with Crippen molar-refractivity contribution < 1.29 is 9.59 Å². The number of likely N-dealkylation sites (N-methyl/N-ethyl adjacent to an activating group) is 1. The third-order valence-electron chi connectivity index (χ3n) is 2.15. The summed E-state index contributed by atoms with van der Waals surface area (Å²) in [6, 6.07) is 0.767. The van der Waals surface area contributed by atoms with E-state index in [0.29, 0.717) is 6.54 Å². The van der Waals surface area contributed by atoms with E-state index >= 15 is 0 Å². The lowest BCUT2D eigenvalue weighted by atomic mass is 10.2. The summed E-state index contributed by atoms with van der Waals surface area (Å²) in [5.74, 6) is -0.682. The summed E-state index contributed by atoms with van der Waals surface area (Å²) in [6.45, 7) is 3.90. The smallest absolute Gasteiger partial charge is 0.253 e. The molecule has 0 fully saturated rings. The third kappa shape index (κ3) is 3.85. The van der Waals surface area contributed by atoms with Crippen molar-refractivity contribution in [2.45, 2.75) is 19.9 Å². The van der Waals surface area contributed by atoms with Crippen LogP contribution in [0.5, 0.6) is 0 Å². The lowest BCUT2D eigenvalue weighted by molar-refractivity contribution is -0.122. The second kappa shape index (κ2) is 6.56. The number of rotatable bonds is 4. The Morgan fingerprint density at radius 1 is 1.44 bits per heavy atom. The molecule has 0 radical (unpaired) electrons. The van der Waals surface area contributed by atoms with E-state index < -0.39 is 11.9 Å². The molecular formula is C11H13Cl2N3O2. The monoisotopic (exact) mass is 289 g/mol. The van der Waals surface area contributed by atoms with Gasteiger partial charge in [0.2, 0.25) is 5.91 Å². The molecule has 5 nitrogen and oxygen atoms in total. The zero-order valence-electron chi connectivity index (χ0n) is 9.96. The number of amides is 2. The van der Waals surface area contributed by atoms with Crippen LogP contribution in [0.3, 0.4) is 0 Å². The molecule has 98 valence electrons. The Kier molecular flexibility index (Phi) is 5.37. The van der Waals surface area contributed by atoms with Crippen molar-refractivity contribution in [3.05, 3.63) is 28.0 Å². The maximum atomic E-state index is 11.8. The first-order valence-electron chi connectivity index (χ1n) is 5.35. The van der Waals surface area contributed by atoms with Crippen molar-refractivity contribution in [1.29, 1.82) is 0 Å². The van der Waals surface area contributed by atoms with E-state index in [2.05, 4.69) is 15.6 Å². The van der Waals surface area contributed by atoms with Crippen molar-refractivity contribution in [2.24, 2.45) is 0 Å². The molecule has 1 aromatic rings. The van der Waals surface area contributed by atoms with E-state index in [1.54, 1.807) is 13.8 Å². The van der Waals surface area contributed by atoms with Gasteiger partial charge in [-0.15, -0.1) is 0 Å². The van der Waals surface area contributed by atoms with Crippen LogP contribution in [0.15, 0.2) is 12.3 Å². The van der Waals surface area contributed by atoms with E-state index in [1.165, 1.54) is 12.3 Å². The minimum atomic E-state index is -0.632. The van der Waals surface area contributed by atoms with Crippen LogP contribution in [0.1, 0.15) is 24.2 Å². The fourth-order valence-corrected chi connectivity index (χ4v) is 1.49. The molecule has 0 spiro atoms. The molecule has 1 rings (SSSR count). The van der Waals surface area contributed by atoms with Gasteiger partial charge >= 0.3 is 0 Å². The minimum absolute atomic E-state index is 0.130. The summed E-state index contributed by atoms with van der Waals surface area (Å²) >= 11 is 11.4. The van der Waals surface area contributed by atoms with Gasteiger partial charge in [-0.3, -0.25) is 9.59 Å². The fraction of sp³-hybridized carbons (Fsp3) is 0.364. The molecule has 18 heavy (non-hydrogen) atoms. The summed E-state index contributed by atoms with van der Waals surface area (Å²) in [4.78, 5) is 27.0. The van der Waals surface area contributed by atoms with Crippen molar-refractivity contribution in [2.75, 3.05) is 6.54 Å². The van der Waals surface area contributed by atoms with Gasteiger partial charge in [0, 0.05) is 12.7 Å². The van der Waals surface area contributed by atoms with E-state index in [0.717, 1.165) is 0 Å². The van der Waals surface area contributed by atoms with Gasteiger partial charge in [-0.1, -0.05) is 23.2 Å². The van der Waals surface area contributed by atoms with Gasteiger partial charge in [-0.2, -0.15) is 0 Å². The number of carbonyl (C=O) groups excluding carboxylic acids is 2. The second-order valence-electron chi connectivity index (χ2n) is 3.59. The first kappa shape index (κ1) is 14.7. The summed E-state index contributed by atoms with van der Waals surface area (Å²) in [5.41, 5.74) is 0.251. The molecule has 1 aromatic heterocycles. The average Bonchev–Trinajstić information content (AvgIpc) is 2.32. The molecule has 0 aliphatic carbocycles. The van der Waals surface area contributed by atoms with Crippen molar-refractivity contribution in [1.82, 2.24) is 15.6 Å². The quantitative estimate of drug-likeness (QED) is 0.828. The third-order valence-corrected chi connectivity index (χ3v) is 2.84. The van der Waals surface area contributed by atoms with E-state index in [9.17, 15) is 9.59 Å². The number of aromatic nitrogens is 1. The van der Waals surface area contributed by atoms with Gasteiger partial charge < -0.3 is 10.6 Å². The van der Waals surface area contributed by atoms with Gasteiger partial charge in [-0.25, -0.2) is 4.98 Å². The van der Waals surface area contributed by atoms with Gasteiger partial charge in [0.15, 0.2) is 0 Å². The molecule has 0 aliphatic rings. The highest BCUT2D eigenvalue weighted by Crippen LogP contribution is 2.19. The molecule has 0 unspecified atom stereocenters. The van der Waals surface area contributed by atoms with E-state index in [1.807, 2.05) is 0 Å². The van der Waals surface area contributed by atoms with Gasteiger partial charge in [0.05, 0.1) is 10.6 Å². The highest BCUT2D eigenvalue weighted by atomic mass is 35.5. The Morgan fingerprint density at radius 2 is 2.11 bits per heavy atom. The summed E-state index contributed by atoms with van der Waals surface area (Å²) in [6.07, 6.45) is 1.30. The number of hydrogen-bond donors (Lipinski definition) is 2.